The molecule has 0 amide bonds. The summed E-state index contributed by atoms with van der Waals surface area (Å²) in [5.74, 6) is 0. The van der Waals surface area contributed by atoms with Gasteiger partial charge in [0.05, 0.1) is 35.0 Å². The molecular formula is C14H18BN3O2. The Morgan fingerprint density at radius 1 is 1.15 bits per heavy atom. The summed E-state index contributed by atoms with van der Waals surface area (Å²) in [5, 5.41) is 0. The van der Waals surface area contributed by atoms with Gasteiger partial charge in [-0.1, -0.05) is 0 Å². The van der Waals surface area contributed by atoms with Gasteiger partial charge in [-0.2, -0.15) is 0 Å². The molecule has 1 fully saturated rings. The molecule has 0 atom stereocenters. The van der Waals surface area contributed by atoms with Crippen molar-refractivity contribution in [3.05, 3.63) is 37.1 Å². The van der Waals surface area contributed by atoms with E-state index in [2.05, 4.69) is 9.97 Å². The summed E-state index contributed by atoms with van der Waals surface area (Å²) >= 11 is 0. The van der Waals surface area contributed by atoms with E-state index in [-0.39, 0.29) is 11.2 Å². The van der Waals surface area contributed by atoms with E-state index in [9.17, 15) is 0 Å². The van der Waals surface area contributed by atoms with Crippen LogP contribution >= 0.6 is 0 Å². The molecule has 2 aromatic rings. The topological polar surface area (TPSA) is 49.2 Å². The molecule has 0 N–H and O–H groups in total. The van der Waals surface area contributed by atoms with Crippen LogP contribution in [0.4, 0.5) is 0 Å². The maximum atomic E-state index is 5.99. The molecule has 20 heavy (non-hydrogen) atoms. The fourth-order valence-electron chi connectivity index (χ4n) is 2.07. The first-order chi connectivity index (χ1) is 9.39. The predicted octanol–water partition coefficient (Wildman–Crippen LogP) is 1.57. The molecule has 0 unspecified atom stereocenters. The smallest absolute Gasteiger partial charge is 0.398 e. The third kappa shape index (κ3) is 2.15. The van der Waals surface area contributed by atoms with Gasteiger partial charge < -0.3 is 13.9 Å². The van der Waals surface area contributed by atoms with Gasteiger partial charge in [-0.15, -0.1) is 0 Å². The molecule has 104 valence electrons. The van der Waals surface area contributed by atoms with Crippen molar-refractivity contribution in [2.75, 3.05) is 0 Å². The third-order valence-electron chi connectivity index (χ3n) is 4.04. The van der Waals surface area contributed by atoms with Crippen LogP contribution < -0.4 is 5.59 Å². The van der Waals surface area contributed by atoms with Gasteiger partial charge in [-0.25, -0.2) is 4.98 Å². The summed E-state index contributed by atoms with van der Waals surface area (Å²) in [6.07, 6.45) is 7.20. The Morgan fingerprint density at radius 2 is 1.85 bits per heavy atom. The Bertz CT molecular complexity index is 594. The van der Waals surface area contributed by atoms with E-state index in [1.807, 2.05) is 50.6 Å². The van der Waals surface area contributed by atoms with E-state index in [1.165, 1.54) is 0 Å². The van der Waals surface area contributed by atoms with Crippen molar-refractivity contribution >= 4 is 12.7 Å². The van der Waals surface area contributed by atoms with Crippen molar-refractivity contribution in [3.8, 4) is 5.69 Å². The number of hydrogen-bond acceptors (Lipinski definition) is 4. The molecule has 5 nitrogen and oxygen atoms in total. The van der Waals surface area contributed by atoms with Crippen molar-refractivity contribution < 1.29 is 9.31 Å². The van der Waals surface area contributed by atoms with Gasteiger partial charge in [0.2, 0.25) is 0 Å². The Morgan fingerprint density at radius 3 is 2.45 bits per heavy atom. The van der Waals surface area contributed by atoms with Crippen molar-refractivity contribution in [1.29, 1.82) is 0 Å². The molecule has 6 heteroatoms. The quantitative estimate of drug-likeness (QED) is 0.778. The summed E-state index contributed by atoms with van der Waals surface area (Å²) in [7, 11) is -0.432. The molecule has 2 aromatic heterocycles. The summed E-state index contributed by atoms with van der Waals surface area (Å²) < 4.78 is 13.9. The van der Waals surface area contributed by atoms with Gasteiger partial charge in [0.1, 0.15) is 0 Å². The van der Waals surface area contributed by atoms with Crippen LogP contribution in [-0.2, 0) is 9.31 Å². The monoisotopic (exact) mass is 271 g/mol. The second-order valence-electron chi connectivity index (χ2n) is 6.01. The van der Waals surface area contributed by atoms with Crippen molar-refractivity contribution in [1.82, 2.24) is 14.5 Å². The molecule has 1 aliphatic heterocycles. The van der Waals surface area contributed by atoms with Crippen LogP contribution in [0.25, 0.3) is 5.69 Å². The first-order valence-electron chi connectivity index (χ1n) is 6.69. The minimum atomic E-state index is -0.432. The lowest BCUT2D eigenvalue weighted by atomic mass is 9.86. The van der Waals surface area contributed by atoms with Crippen molar-refractivity contribution in [3.63, 3.8) is 0 Å². The maximum absolute atomic E-state index is 5.99. The zero-order valence-electron chi connectivity index (χ0n) is 12.2. The van der Waals surface area contributed by atoms with Gasteiger partial charge >= 0.3 is 7.12 Å². The highest BCUT2D eigenvalue weighted by Crippen LogP contribution is 2.36. The molecule has 0 spiro atoms. The highest BCUT2D eigenvalue weighted by atomic mass is 16.7. The standard InChI is InChI=1S/C14H18BN3O2/c1-13(2)14(3,4)20-15(19-13)12-9-18(10-17-12)11-6-5-7-16-8-11/h5-10H,1-4H3. The van der Waals surface area contributed by atoms with Crippen LogP contribution in [0.15, 0.2) is 37.1 Å². The van der Waals surface area contributed by atoms with Gasteiger partial charge in [0.15, 0.2) is 0 Å². The van der Waals surface area contributed by atoms with Crippen LogP contribution in [0.5, 0.6) is 0 Å². The zero-order valence-corrected chi connectivity index (χ0v) is 12.2. The molecule has 0 bridgehead atoms. The largest absolute Gasteiger partial charge is 0.516 e. The average Bonchev–Trinajstić information content (AvgIpc) is 2.94. The molecule has 0 aliphatic carbocycles. The van der Waals surface area contributed by atoms with Crippen LogP contribution in [0.2, 0.25) is 0 Å². The maximum Gasteiger partial charge on any atom is 0.516 e. The summed E-state index contributed by atoms with van der Waals surface area (Å²) in [6, 6.07) is 3.87. The Kier molecular flexibility index (Phi) is 2.95. The molecule has 3 heterocycles. The van der Waals surface area contributed by atoms with E-state index in [0.717, 1.165) is 11.3 Å². The van der Waals surface area contributed by atoms with E-state index in [1.54, 1.807) is 18.7 Å². The number of aromatic nitrogens is 3. The number of pyridine rings is 1. The van der Waals surface area contributed by atoms with Crippen LogP contribution in [0.3, 0.4) is 0 Å². The zero-order chi connectivity index (χ0) is 14.4. The molecule has 0 aromatic carbocycles. The van der Waals surface area contributed by atoms with Gasteiger partial charge in [0, 0.05) is 12.4 Å². The number of imidazole rings is 1. The molecular weight excluding hydrogens is 253 g/mol. The normalized spacial score (nSPS) is 20.3. The lowest BCUT2D eigenvalue weighted by molar-refractivity contribution is 0.00578. The summed E-state index contributed by atoms with van der Waals surface area (Å²) in [5.41, 5.74) is 1.03. The number of nitrogens with zero attached hydrogens (tertiary/aromatic N) is 3. The van der Waals surface area contributed by atoms with E-state index >= 15 is 0 Å². The molecule has 1 aliphatic rings. The van der Waals surface area contributed by atoms with Crippen LogP contribution in [0.1, 0.15) is 27.7 Å². The van der Waals surface area contributed by atoms with E-state index in [0.29, 0.717) is 0 Å². The molecule has 1 saturated heterocycles. The van der Waals surface area contributed by atoms with Crippen molar-refractivity contribution in [2.45, 2.75) is 38.9 Å². The molecule has 0 saturated carbocycles. The third-order valence-corrected chi connectivity index (χ3v) is 4.04. The highest BCUT2D eigenvalue weighted by Gasteiger charge is 2.52. The fraction of sp³-hybridized carbons (Fsp3) is 0.429. The van der Waals surface area contributed by atoms with Gasteiger partial charge in [-0.05, 0) is 39.8 Å². The van der Waals surface area contributed by atoms with Crippen LogP contribution in [-0.4, -0.2) is 32.9 Å². The summed E-state index contributed by atoms with van der Waals surface area (Å²) in [6.45, 7) is 8.13. The van der Waals surface area contributed by atoms with E-state index in [4.69, 9.17) is 9.31 Å². The Balaban J connectivity index is 1.86. The minimum absolute atomic E-state index is 0.351. The minimum Gasteiger partial charge on any atom is -0.398 e. The van der Waals surface area contributed by atoms with Crippen molar-refractivity contribution in [2.24, 2.45) is 0 Å². The van der Waals surface area contributed by atoms with E-state index < -0.39 is 7.12 Å². The van der Waals surface area contributed by atoms with Gasteiger partial charge in [-0.3, -0.25) is 4.98 Å². The first kappa shape index (κ1) is 13.3. The second kappa shape index (κ2) is 4.43. The lowest BCUT2D eigenvalue weighted by Crippen LogP contribution is -2.41. The SMILES string of the molecule is CC1(C)OB(c2cn(-c3cccnc3)cn2)OC1(C)C. The first-order valence-corrected chi connectivity index (χ1v) is 6.69. The lowest BCUT2D eigenvalue weighted by Gasteiger charge is -2.32. The predicted molar refractivity (Wildman–Crippen MR) is 77.1 cm³/mol. The Labute approximate surface area is 119 Å². The second-order valence-corrected chi connectivity index (χ2v) is 6.01. The highest BCUT2D eigenvalue weighted by molar-refractivity contribution is 6.61. The Hall–Kier alpha value is -1.66. The fourth-order valence-corrected chi connectivity index (χ4v) is 2.07. The number of hydrogen-bond donors (Lipinski definition) is 0. The molecule has 0 radical (unpaired) electrons. The summed E-state index contributed by atoms with van der Waals surface area (Å²) in [4.78, 5) is 8.49. The van der Waals surface area contributed by atoms with Gasteiger partial charge in [0.25, 0.3) is 0 Å². The average molecular weight is 271 g/mol. The van der Waals surface area contributed by atoms with Crippen LogP contribution in [0, 0.1) is 0 Å². The molecule has 3 rings (SSSR count). The number of rotatable bonds is 2.